The van der Waals surface area contributed by atoms with Gasteiger partial charge < -0.3 is 10.6 Å². The van der Waals surface area contributed by atoms with Crippen LogP contribution in [0.15, 0.2) is 6.07 Å². The van der Waals surface area contributed by atoms with Gasteiger partial charge in [0.15, 0.2) is 9.84 Å². The van der Waals surface area contributed by atoms with Crippen LogP contribution in [-0.2, 0) is 9.84 Å². The highest BCUT2D eigenvalue weighted by Crippen LogP contribution is 2.09. The molecule has 0 fully saturated rings. The Morgan fingerprint density at radius 3 is 2.53 bits per heavy atom. The summed E-state index contributed by atoms with van der Waals surface area (Å²) < 4.78 is 22.6. The second-order valence-corrected chi connectivity index (χ2v) is 6.07. The summed E-state index contributed by atoms with van der Waals surface area (Å²) in [6.45, 7) is 3.79. The zero-order chi connectivity index (χ0) is 12.9. The number of hydrogen-bond acceptors (Lipinski definition) is 6. The fraction of sp³-hybridized carbons (Fsp3) is 0.600. The Hall–Kier alpha value is -1.37. The van der Waals surface area contributed by atoms with Crippen molar-refractivity contribution in [3.63, 3.8) is 0 Å². The lowest BCUT2D eigenvalue weighted by Gasteiger charge is -2.08. The topological polar surface area (TPSA) is 84.0 Å². The lowest BCUT2D eigenvalue weighted by molar-refractivity contribution is 0.597. The highest BCUT2D eigenvalue weighted by Gasteiger charge is 2.07. The Labute approximate surface area is 102 Å². The summed E-state index contributed by atoms with van der Waals surface area (Å²) in [6, 6.07) is 1.74. The van der Waals surface area contributed by atoms with Gasteiger partial charge in [0.1, 0.15) is 17.5 Å². The maximum absolute atomic E-state index is 11.3. The molecule has 0 atom stereocenters. The Kier molecular flexibility index (Phi) is 4.68. The van der Waals surface area contributed by atoms with Crippen molar-refractivity contribution in [2.24, 2.45) is 0 Å². The minimum atomic E-state index is -2.94. The number of nitrogens with zero attached hydrogens (tertiary/aromatic N) is 2. The molecule has 0 aliphatic carbocycles. The molecule has 0 unspecified atom stereocenters. The lowest BCUT2D eigenvalue weighted by Crippen LogP contribution is -2.18. The Balaban J connectivity index is 2.61. The van der Waals surface area contributed by atoms with Crippen LogP contribution in [0.5, 0.6) is 0 Å². The number of aromatic nitrogens is 2. The minimum absolute atomic E-state index is 0.113. The quantitative estimate of drug-likeness (QED) is 0.780. The van der Waals surface area contributed by atoms with Gasteiger partial charge >= 0.3 is 0 Å². The average molecular weight is 258 g/mol. The highest BCUT2D eigenvalue weighted by atomic mass is 32.2. The SMILES string of the molecule is CCS(=O)(=O)CCNc1cc(NC)nc(C)n1. The van der Waals surface area contributed by atoms with Crippen LogP contribution in [0.4, 0.5) is 11.6 Å². The Morgan fingerprint density at radius 1 is 1.29 bits per heavy atom. The number of nitrogens with one attached hydrogen (secondary N) is 2. The molecule has 0 aromatic carbocycles. The van der Waals surface area contributed by atoms with E-state index >= 15 is 0 Å². The normalized spacial score (nSPS) is 11.2. The van der Waals surface area contributed by atoms with Gasteiger partial charge in [0.2, 0.25) is 0 Å². The van der Waals surface area contributed by atoms with Crippen molar-refractivity contribution in [3.8, 4) is 0 Å². The molecule has 96 valence electrons. The van der Waals surface area contributed by atoms with Gasteiger partial charge in [0.05, 0.1) is 5.75 Å². The predicted octanol–water partition coefficient (Wildman–Crippen LogP) is 0.673. The van der Waals surface area contributed by atoms with Gasteiger partial charge in [-0.05, 0) is 6.92 Å². The molecule has 6 nitrogen and oxygen atoms in total. The van der Waals surface area contributed by atoms with E-state index in [1.165, 1.54) is 0 Å². The molecule has 0 amide bonds. The van der Waals surface area contributed by atoms with E-state index in [1.807, 2.05) is 0 Å². The van der Waals surface area contributed by atoms with Crippen LogP contribution in [0.1, 0.15) is 12.7 Å². The zero-order valence-electron chi connectivity index (χ0n) is 10.3. The van der Waals surface area contributed by atoms with Gasteiger partial charge in [-0.3, -0.25) is 0 Å². The molecular formula is C10H18N4O2S. The molecule has 1 aromatic heterocycles. The average Bonchev–Trinajstić information content (AvgIpc) is 2.28. The smallest absolute Gasteiger partial charge is 0.151 e. The van der Waals surface area contributed by atoms with E-state index < -0.39 is 9.84 Å². The number of sulfone groups is 1. The number of rotatable bonds is 6. The number of aryl methyl sites for hydroxylation is 1. The molecule has 0 aliphatic rings. The van der Waals surface area contributed by atoms with Gasteiger partial charge in [0.25, 0.3) is 0 Å². The number of anilines is 2. The van der Waals surface area contributed by atoms with Crippen LogP contribution in [0.2, 0.25) is 0 Å². The summed E-state index contributed by atoms with van der Waals surface area (Å²) >= 11 is 0. The zero-order valence-corrected chi connectivity index (χ0v) is 11.1. The molecule has 0 bridgehead atoms. The van der Waals surface area contributed by atoms with E-state index in [0.29, 0.717) is 24.0 Å². The molecule has 17 heavy (non-hydrogen) atoms. The largest absolute Gasteiger partial charge is 0.373 e. The van der Waals surface area contributed by atoms with Crippen molar-refractivity contribution in [3.05, 3.63) is 11.9 Å². The summed E-state index contributed by atoms with van der Waals surface area (Å²) in [5, 5.41) is 5.90. The number of hydrogen-bond donors (Lipinski definition) is 2. The molecule has 1 aromatic rings. The van der Waals surface area contributed by atoms with Gasteiger partial charge in [-0.2, -0.15) is 0 Å². The van der Waals surface area contributed by atoms with Crippen molar-refractivity contribution in [2.45, 2.75) is 13.8 Å². The van der Waals surface area contributed by atoms with Crippen molar-refractivity contribution in [1.82, 2.24) is 9.97 Å². The first-order chi connectivity index (χ1) is 7.96. The highest BCUT2D eigenvalue weighted by molar-refractivity contribution is 7.91. The van der Waals surface area contributed by atoms with Gasteiger partial charge in [-0.15, -0.1) is 0 Å². The summed E-state index contributed by atoms with van der Waals surface area (Å²) in [5.74, 6) is 2.25. The summed E-state index contributed by atoms with van der Waals surface area (Å²) in [6.07, 6.45) is 0. The van der Waals surface area contributed by atoms with Crippen molar-refractivity contribution in [1.29, 1.82) is 0 Å². The fourth-order valence-electron chi connectivity index (χ4n) is 1.27. The molecule has 1 heterocycles. The monoisotopic (exact) mass is 258 g/mol. The van der Waals surface area contributed by atoms with Crippen LogP contribution in [0, 0.1) is 6.92 Å². The molecule has 2 N–H and O–H groups in total. The van der Waals surface area contributed by atoms with Gasteiger partial charge in [-0.1, -0.05) is 6.92 Å². The molecule has 0 radical (unpaired) electrons. The standard InChI is InChI=1S/C10H18N4O2S/c1-4-17(15,16)6-5-12-10-7-9(11-3)13-8(2)14-10/h7H,4-6H2,1-3H3,(H2,11,12,13,14). The summed E-state index contributed by atoms with van der Waals surface area (Å²) in [4.78, 5) is 8.32. The molecule has 7 heteroatoms. The first-order valence-corrected chi connectivity index (χ1v) is 7.26. The molecule has 0 spiro atoms. The van der Waals surface area contributed by atoms with E-state index in [-0.39, 0.29) is 11.5 Å². The first-order valence-electron chi connectivity index (χ1n) is 5.44. The van der Waals surface area contributed by atoms with E-state index in [1.54, 1.807) is 27.0 Å². The van der Waals surface area contributed by atoms with Crippen molar-refractivity contribution >= 4 is 21.5 Å². The van der Waals surface area contributed by atoms with Crippen LogP contribution >= 0.6 is 0 Å². The third-order valence-corrected chi connectivity index (χ3v) is 3.96. The lowest BCUT2D eigenvalue weighted by atomic mass is 10.5. The summed E-state index contributed by atoms with van der Waals surface area (Å²) in [7, 11) is -1.17. The fourth-order valence-corrected chi connectivity index (χ4v) is 1.97. The molecular weight excluding hydrogens is 240 g/mol. The van der Waals surface area contributed by atoms with Gasteiger partial charge in [-0.25, -0.2) is 18.4 Å². The van der Waals surface area contributed by atoms with E-state index in [0.717, 1.165) is 0 Å². The predicted molar refractivity (Wildman–Crippen MR) is 69.1 cm³/mol. The maximum atomic E-state index is 11.3. The van der Waals surface area contributed by atoms with Crippen molar-refractivity contribution in [2.75, 3.05) is 35.7 Å². The third-order valence-electron chi connectivity index (χ3n) is 2.25. The van der Waals surface area contributed by atoms with Crippen LogP contribution < -0.4 is 10.6 Å². The molecule has 0 saturated carbocycles. The van der Waals surface area contributed by atoms with Gasteiger partial charge in [0, 0.05) is 25.4 Å². The van der Waals surface area contributed by atoms with E-state index in [9.17, 15) is 8.42 Å². The Morgan fingerprint density at radius 2 is 1.94 bits per heavy atom. The second-order valence-electron chi connectivity index (χ2n) is 3.60. The Bertz CT molecular complexity index is 473. The first kappa shape index (κ1) is 13.7. The van der Waals surface area contributed by atoms with E-state index in [2.05, 4.69) is 20.6 Å². The van der Waals surface area contributed by atoms with E-state index in [4.69, 9.17) is 0 Å². The maximum Gasteiger partial charge on any atom is 0.151 e. The van der Waals surface area contributed by atoms with Crippen LogP contribution in [0.3, 0.4) is 0 Å². The molecule has 1 rings (SSSR count). The van der Waals surface area contributed by atoms with Crippen LogP contribution in [0.25, 0.3) is 0 Å². The summed E-state index contributed by atoms with van der Waals surface area (Å²) in [5.41, 5.74) is 0. The minimum Gasteiger partial charge on any atom is -0.373 e. The second kappa shape index (κ2) is 5.81. The molecule has 0 aliphatic heterocycles. The third kappa shape index (κ3) is 4.56. The van der Waals surface area contributed by atoms with Crippen LogP contribution in [-0.4, -0.2) is 43.5 Å². The molecule has 0 saturated heterocycles. The van der Waals surface area contributed by atoms with Crippen molar-refractivity contribution < 1.29 is 8.42 Å².